The van der Waals surface area contributed by atoms with Gasteiger partial charge in [-0.1, -0.05) is 29.3 Å². The molecule has 0 bridgehead atoms. The van der Waals surface area contributed by atoms with Crippen molar-refractivity contribution in [3.8, 4) is 0 Å². The van der Waals surface area contributed by atoms with E-state index in [1.165, 1.54) is 0 Å². The molecule has 2 fully saturated rings. The summed E-state index contributed by atoms with van der Waals surface area (Å²) in [5, 5.41) is 1.22. The lowest BCUT2D eigenvalue weighted by Gasteiger charge is -2.38. The highest BCUT2D eigenvalue weighted by Crippen LogP contribution is 2.52. The number of carbonyl (C=O) groups excluding carboxylic acids is 1. The van der Waals surface area contributed by atoms with Gasteiger partial charge in [-0.2, -0.15) is 0 Å². The van der Waals surface area contributed by atoms with Crippen molar-refractivity contribution in [3.05, 3.63) is 33.8 Å². The molecular formula is C17H22Cl2N2O. The largest absolute Gasteiger partial charge is 0.339 e. The third kappa shape index (κ3) is 2.86. The molecule has 0 N–H and O–H groups in total. The van der Waals surface area contributed by atoms with Gasteiger partial charge in [0.2, 0.25) is 5.91 Å². The van der Waals surface area contributed by atoms with Gasteiger partial charge in [-0.15, -0.1) is 0 Å². The average molecular weight is 341 g/mol. The summed E-state index contributed by atoms with van der Waals surface area (Å²) in [4.78, 5) is 17.4. The van der Waals surface area contributed by atoms with E-state index in [4.69, 9.17) is 23.2 Å². The second-order valence-electron chi connectivity index (χ2n) is 6.63. The molecule has 1 saturated heterocycles. The minimum absolute atomic E-state index is 0.236. The Hall–Kier alpha value is -0.770. The van der Waals surface area contributed by atoms with Gasteiger partial charge in [0, 0.05) is 42.3 Å². The highest BCUT2D eigenvalue weighted by molar-refractivity contribution is 6.35. The van der Waals surface area contributed by atoms with Crippen molar-refractivity contribution in [2.24, 2.45) is 0 Å². The fourth-order valence-electron chi connectivity index (χ4n) is 3.35. The summed E-state index contributed by atoms with van der Waals surface area (Å²) in [5.74, 6) is 0.236. The van der Waals surface area contributed by atoms with E-state index < -0.39 is 5.41 Å². The summed E-state index contributed by atoms with van der Waals surface area (Å²) in [6.45, 7) is 7.93. The molecule has 0 unspecified atom stereocenters. The molecule has 3 nitrogen and oxygen atoms in total. The highest BCUT2D eigenvalue weighted by Gasteiger charge is 2.54. The highest BCUT2D eigenvalue weighted by atomic mass is 35.5. The molecule has 0 radical (unpaired) electrons. The predicted molar refractivity (Wildman–Crippen MR) is 90.7 cm³/mol. The number of carbonyl (C=O) groups is 1. The van der Waals surface area contributed by atoms with Crippen LogP contribution in [0.5, 0.6) is 0 Å². The molecule has 1 aromatic carbocycles. The fourth-order valence-corrected chi connectivity index (χ4v) is 3.93. The molecule has 1 heterocycles. The lowest BCUT2D eigenvalue weighted by Crippen LogP contribution is -2.53. The summed E-state index contributed by atoms with van der Waals surface area (Å²) < 4.78 is 0. The fraction of sp³-hybridized carbons (Fsp3) is 0.588. The van der Waals surface area contributed by atoms with Crippen LogP contribution >= 0.6 is 23.2 Å². The first-order chi connectivity index (χ1) is 10.4. The molecule has 2 aliphatic rings. The predicted octanol–water partition coefficient (Wildman–Crippen LogP) is 3.58. The van der Waals surface area contributed by atoms with Crippen LogP contribution in [0.25, 0.3) is 0 Å². The molecule has 1 amide bonds. The SMILES string of the molecule is CC(C)N1CCN(C(=O)C2(c3ccc(Cl)cc3Cl)CC2)CC1. The summed E-state index contributed by atoms with van der Waals surface area (Å²) >= 11 is 12.3. The zero-order valence-electron chi connectivity index (χ0n) is 13.1. The van der Waals surface area contributed by atoms with E-state index >= 15 is 0 Å². The number of nitrogens with zero attached hydrogens (tertiary/aromatic N) is 2. The Morgan fingerprint density at radius 1 is 1.14 bits per heavy atom. The van der Waals surface area contributed by atoms with Crippen molar-refractivity contribution in [2.75, 3.05) is 26.2 Å². The normalized spacial score (nSPS) is 21.2. The zero-order valence-corrected chi connectivity index (χ0v) is 14.6. The maximum absolute atomic E-state index is 13.0. The zero-order chi connectivity index (χ0) is 15.9. The molecule has 120 valence electrons. The Bertz CT molecular complexity index is 576. The number of hydrogen-bond donors (Lipinski definition) is 0. The molecular weight excluding hydrogens is 319 g/mol. The lowest BCUT2D eigenvalue weighted by molar-refractivity contribution is -0.136. The maximum atomic E-state index is 13.0. The standard InChI is InChI=1S/C17H22Cl2N2O/c1-12(2)20-7-9-21(10-8-20)16(22)17(5-6-17)14-4-3-13(18)11-15(14)19/h3-4,11-12H,5-10H2,1-2H3. The molecule has 0 aromatic heterocycles. The van der Waals surface area contributed by atoms with Crippen LogP contribution in [0.15, 0.2) is 18.2 Å². The molecule has 1 aliphatic heterocycles. The van der Waals surface area contributed by atoms with E-state index in [0.717, 1.165) is 44.6 Å². The van der Waals surface area contributed by atoms with Gasteiger partial charge < -0.3 is 4.90 Å². The quantitative estimate of drug-likeness (QED) is 0.839. The summed E-state index contributed by atoms with van der Waals surface area (Å²) in [6, 6.07) is 6.02. The van der Waals surface area contributed by atoms with Gasteiger partial charge in [-0.25, -0.2) is 0 Å². The summed E-state index contributed by atoms with van der Waals surface area (Å²) in [5.41, 5.74) is 0.539. The van der Waals surface area contributed by atoms with E-state index in [0.29, 0.717) is 16.1 Å². The topological polar surface area (TPSA) is 23.6 Å². The number of amides is 1. The summed E-state index contributed by atoms with van der Waals surface area (Å²) in [7, 11) is 0. The summed E-state index contributed by atoms with van der Waals surface area (Å²) in [6.07, 6.45) is 1.77. The van der Waals surface area contributed by atoms with Crippen molar-refractivity contribution in [1.82, 2.24) is 9.80 Å². The Kier molecular flexibility index (Phi) is 4.41. The monoisotopic (exact) mass is 340 g/mol. The molecule has 0 spiro atoms. The third-order valence-corrected chi connectivity index (χ3v) is 5.49. The van der Waals surface area contributed by atoms with Crippen LogP contribution in [-0.4, -0.2) is 47.9 Å². The third-order valence-electron chi connectivity index (χ3n) is 4.94. The Labute approximate surface area is 142 Å². The van der Waals surface area contributed by atoms with Gasteiger partial charge in [0.25, 0.3) is 0 Å². The van der Waals surface area contributed by atoms with Crippen LogP contribution in [0.3, 0.4) is 0 Å². The molecule has 1 aromatic rings. The lowest BCUT2D eigenvalue weighted by atomic mass is 9.94. The molecule has 5 heteroatoms. The van der Waals surface area contributed by atoms with Crippen LogP contribution in [0, 0.1) is 0 Å². The van der Waals surface area contributed by atoms with Gasteiger partial charge in [-0.05, 0) is 44.4 Å². The van der Waals surface area contributed by atoms with E-state index in [1.807, 2.05) is 17.0 Å². The second-order valence-corrected chi connectivity index (χ2v) is 7.47. The Balaban J connectivity index is 1.75. The second kappa shape index (κ2) is 6.03. The first-order valence-electron chi connectivity index (χ1n) is 7.93. The van der Waals surface area contributed by atoms with E-state index in [1.54, 1.807) is 6.07 Å². The van der Waals surface area contributed by atoms with Crippen LogP contribution in [-0.2, 0) is 10.2 Å². The van der Waals surface area contributed by atoms with Gasteiger partial charge in [0.05, 0.1) is 5.41 Å². The van der Waals surface area contributed by atoms with Crippen molar-refractivity contribution >= 4 is 29.1 Å². The smallest absolute Gasteiger partial charge is 0.233 e. The Morgan fingerprint density at radius 3 is 2.27 bits per heavy atom. The van der Waals surface area contributed by atoms with E-state index in [9.17, 15) is 4.79 Å². The van der Waals surface area contributed by atoms with Crippen molar-refractivity contribution in [1.29, 1.82) is 0 Å². The van der Waals surface area contributed by atoms with Crippen LogP contribution in [0.1, 0.15) is 32.3 Å². The minimum Gasteiger partial charge on any atom is -0.339 e. The van der Waals surface area contributed by atoms with Crippen molar-refractivity contribution in [3.63, 3.8) is 0 Å². The number of hydrogen-bond acceptors (Lipinski definition) is 2. The van der Waals surface area contributed by atoms with Crippen molar-refractivity contribution in [2.45, 2.75) is 38.1 Å². The number of benzene rings is 1. The first-order valence-corrected chi connectivity index (χ1v) is 8.68. The molecule has 0 atom stereocenters. The van der Waals surface area contributed by atoms with Crippen LogP contribution in [0.4, 0.5) is 0 Å². The molecule has 22 heavy (non-hydrogen) atoms. The number of piperazine rings is 1. The van der Waals surface area contributed by atoms with E-state index in [2.05, 4.69) is 18.7 Å². The van der Waals surface area contributed by atoms with Crippen LogP contribution < -0.4 is 0 Å². The van der Waals surface area contributed by atoms with E-state index in [-0.39, 0.29) is 5.91 Å². The molecule has 1 aliphatic carbocycles. The van der Waals surface area contributed by atoms with Crippen LogP contribution in [0.2, 0.25) is 10.0 Å². The maximum Gasteiger partial charge on any atom is 0.233 e. The minimum atomic E-state index is -0.401. The van der Waals surface area contributed by atoms with Gasteiger partial charge >= 0.3 is 0 Å². The first kappa shape index (κ1) is 16.1. The molecule has 3 rings (SSSR count). The number of halogens is 2. The number of rotatable bonds is 3. The van der Waals surface area contributed by atoms with Gasteiger partial charge in [-0.3, -0.25) is 9.69 Å². The average Bonchev–Trinajstić information content (AvgIpc) is 3.28. The van der Waals surface area contributed by atoms with Gasteiger partial charge in [0.15, 0.2) is 0 Å². The molecule has 1 saturated carbocycles. The van der Waals surface area contributed by atoms with Gasteiger partial charge in [0.1, 0.15) is 0 Å². The Morgan fingerprint density at radius 2 is 1.77 bits per heavy atom. The van der Waals surface area contributed by atoms with Crippen molar-refractivity contribution < 1.29 is 4.79 Å².